The van der Waals surface area contributed by atoms with Gasteiger partial charge in [0.1, 0.15) is 12.3 Å². The fourth-order valence-corrected chi connectivity index (χ4v) is 4.00. The van der Waals surface area contributed by atoms with Crippen LogP contribution in [0.3, 0.4) is 0 Å². The number of aromatic hydroxyl groups is 1. The Morgan fingerprint density at radius 3 is 2.44 bits per heavy atom. The number of aromatic nitrogens is 2. The van der Waals surface area contributed by atoms with Crippen LogP contribution in [0.25, 0.3) is 11.0 Å². The van der Waals surface area contributed by atoms with Crippen molar-refractivity contribution in [2.45, 2.75) is 18.0 Å². The van der Waals surface area contributed by atoms with E-state index in [0.29, 0.717) is 28.2 Å². The maximum absolute atomic E-state index is 12.0. The molecule has 0 saturated heterocycles. The first-order valence-electron chi connectivity index (χ1n) is 10.6. The van der Waals surface area contributed by atoms with Crippen LogP contribution in [0.15, 0.2) is 71.8 Å². The second kappa shape index (κ2) is 9.66. The number of para-hydroxylation sites is 2. The third-order valence-electron chi connectivity index (χ3n) is 5.11. The molecule has 0 fully saturated rings. The normalized spacial score (nSPS) is 11.6. The minimum Gasteiger partial charge on any atom is -0.504 e. The summed E-state index contributed by atoms with van der Waals surface area (Å²) >= 11 is 0. The van der Waals surface area contributed by atoms with Gasteiger partial charge in [0.15, 0.2) is 21.3 Å². The van der Waals surface area contributed by atoms with Crippen molar-refractivity contribution in [1.29, 1.82) is 0 Å². The van der Waals surface area contributed by atoms with Gasteiger partial charge in [-0.3, -0.25) is 4.98 Å². The number of phenols is 1. The number of hydrogen-bond acceptors (Lipinski definition) is 8. The third-order valence-corrected chi connectivity index (χ3v) is 6.19. The summed E-state index contributed by atoms with van der Waals surface area (Å²) in [6.45, 7) is 0.891. The van der Waals surface area contributed by atoms with Crippen LogP contribution >= 0.6 is 0 Å². The van der Waals surface area contributed by atoms with Gasteiger partial charge in [-0.25, -0.2) is 13.4 Å². The molecule has 9 heteroatoms. The fraction of sp³-hybridized carbons (Fsp3) is 0.200. The number of fused-ring (bicyclic) bond motifs is 1. The molecule has 2 N–H and O–H groups in total. The standard InChI is InChI=1S/C25H26N4O4S/c1-29(2)15-17-8-10-18(11-9-17)27-22-13-20-21(12-19(14-26-20)34(3,31)32)28-23(22)16-33-25-7-5-4-6-24(25)30/h4-14,27,30H,15-16H2,1-3H3. The molecule has 176 valence electrons. The van der Waals surface area contributed by atoms with Crippen molar-refractivity contribution in [3.8, 4) is 11.5 Å². The number of rotatable bonds is 8. The monoisotopic (exact) mass is 478 g/mol. The molecule has 0 unspecified atom stereocenters. The van der Waals surface area contributed by atoms with Gasteiger partial charge < -0.3 is 20.1 Å². The Hall–Kier alpha value is -3.69. The van der Waals surface area contributed by atoms with Crippen LogP contribution in [0.4, 0.5) is 11.4 Å². The Kier molecular flexibility index (Phi) is 6.67. The fourth-order valence-electron chi connectivity index (χ4n) is 3.43. The molecule has 8 nitrogen and oxygen atoms in total. The number of phenolic OH excluding ortho intramolecular Hbond substituents is 1. The number of nitrogens with zero attached hydrogens (tertiary/aromatic N) is 3. The van der Waals surface area contributed by atoms with Crippen LogP contribution in [0.1, 0.15) is 11.3 Å². The van der Waals surface area contributed by atoms with Crippen LogP contribution in [-0.2, 0) is 23.0 Å². The van der Waals surface area contributed by atoms with Crippen molar-refractivity contribution in [2.75, 3.05) is 25.7 Å². The molecule has 34 heavy (non-hydrogen) atoms. The van der Waals surface area contributed by atoms with E-state index in [4.69, 9.17) is 4.74 Å². The molecule has 0 aliphatic rings. The van der Waals surface area contributed by atoms with Crippen LogP contribution < -0.4 is 10.1 Å². The smallest absolute Gasteiger partial charge is 0.177 e. The summed E-state index contributed by atoms with van der Waals surface area (Å²) in [6.07, 6.45) is 2.46. The van der Waals surface area contributed by atoms with E-state index in [9.17, 15) is 13.5 Å². The van der Waals surface area contributed by atoms with Crippen molar-refractivity contribution in [3.05, 3.63) is 78.1 Å². The minimum absolute atomic E-state index is 0.0234. The SMILES string of the molecule is CN(C)Cc1ccc(Nc2cc3ncc(S(C)(=O)=O)cc3nc2COc2ccccc2O)cc1. The Labute approximate surface area is 198 Å². The Bertz CT molecular complexity index is 1420. The number of pyridine rings is 2. The molecule has 0 atom stereocenters. The zero-order chi connectivity index (χ0) is 24.3. The van der Waals surface area contributed by atoms with Crippen LogP contribution in [-0.4, -0.2) is 48.7 Å². The van der Waals surface area contributed by atoms with Gasteiger partial charge in [-0.05, 0) is 56.1 Å². The highest BCUT2D eigenvalue weighted by Crippen LogP contribution is 2.29. The van der Waals surface area contributed by atoms with E-state index in [2.05, 4.69) is 20.2 Å². The van der Waals surface area contributed by atoms with Gasteiger partial charge in [-0.1, -0.05) is 24.3 Å². The van der Waals surface area contributed by atoms with E-state index >= 15 is 0 Å². The molecule has 0 radical (unpaired) electrons. The lowest BCUT2D eigenvalue weighted by molar-refractivity contribution is 0.286. The quantitative estimate of drug-likeness (QED) is 0.390. The summed E-state index contributed by atoms with van der Waals surface area (Å²) in [4.78, 5) is 11.1. The molecule has 0 spiro atoms. The molecule has 0 aliphatic heterocycles. The first-order chi connectivity index (χ1) is 16.2. The number of sulfone groups is 1. The first-order valence-corrected chi connectivity index (χ1v) is 12.5. The van der Waals surface area contributed by atoms with E-state index in [0.717, 1.165) is 18.5 Å². The van der Waals surface area contributed by atoms with E-state index in [1.165, 1.54) is 17.8 Å². The summed E-state index contributed by atoms with van der Waals surface area (Å²) < 4.78 is 29.8. The molecule has 0 bridgehead atoms. The topological polar surface area (TPSA) is 105 Å². The Morgan fingerprint density at radius 2 is 1.76 bits per heavy atom. The van der Waals surface area contributed by atoms with Gasteiger partial charge in [-0.2, -0.15) is 0 Å². The molecule has 0 amide bonds. The predicted octanol–water partition coefficient (Wildman–Crippen LogP) is 4.12. The molecule has 2 heterocycles. The first kappa shape index (κ1) is 23.5. The molecule has 4 rings (SSSR count). The van der Waals surface area contributed by atoms with Crippen LogP contribution in [0.5, 0.6) is 11.5 Å². The van der Waals surface area contributed by atoms with Gasteiger partial charge in [0, 0.05) is 24.7 Å². The zero-order valence-corrected chi connectivity index (χ0v) is 20.0. The van der Waals surface area contributed by atoms with E-state index in [1.54, 1.807) is 24.3 Å². The molecular weight excluding hydrogens is 452 g/mol. The van der Waals surface area contributed by atoms with Crippen molar-refractivity contribution in [1.82, 2.24) is 14.9 Å². The lowest BCUT2D eigenvalue weighted by atomic mass is 10.2. The summed E-state index contributed by atoms with van der Waals surface area (Å²) in [5, 5.41) is 13.4. The van der Waals surface area contributed by atoms with Gasteiger partial charge in [0.25, 0.3) is 0 Å². The number of hydrogen-bond donors (Lipinski definition) is 2. The van der Waals surface area contributed by atoms with Gasteiger partial charge >= 0.3 is 0 Å². The Morgan fingerprint density at radius 1 is 1.03 bits per heavy atom. The van der Waals surface area contributed by atoms with Crippen molar-refractivity contribution < 1.29 is 18.3 Å². The summed E-state index contributed by atoms with van der Waals surface area (Å²) in [6, 6.07) is 18.1. The number of ether oxygens (including phenoxy) is 1. The molecule has 0 aliphatic carbocycles. The second-order valence-electron chi connectivity index (χ2n) is 8.28. The predicted molar refractivity (Wildman–Crippen MR) is 132 cm³/mol. The summed E-state index contributed by atoms with van der Waals surface area (Å²) in [5.41, 5.74) is 4.24. The van der Waals surface area contributed by atoms with Gasteiger partial charge in [-0.15, -0.1) is 0 Å². The van der Waals surface area contributed by atoms with Crippen LogP contribution in [0.2, 0.25) is 0 Å². The lowest BCUT2D eigenvalue weighted by Crippen LogP contribution is -2.10. The average molecular weight is 479 g/mol. The molecule has 0 saturated carbocycles. The van der Waals surface area contributed by atoms with Crippen molar-refractivity contribution in [2.24, 2.45) is 0 Å². The minimum atomic E-state index is -3.43. The Balaban J connectivity index is 1.70. The number of nitrogens with one attached hydrogen (secondary N) is 1. The zero-order valence-electron chi connectivity index (χ0n) is 19.2. The molecule has 4 aromatic rings. The van der Waals surface area contributed by atoms with E-state index in [-0.39, 0.29) is 17.3 Å². The van der Waals surface area contributed by atoms with Gasteiger partial charge in [0.2, 0.25) is 0 Å². The van der Waals surface area contributed by atoms with Crippen molar-refractivity contribution >= 4 is 32.2 Å². The van der Waals surface area contributed by atoms with E-state index in [1.807, 2.05) is 44.4 Å². The van der Waals surface area contributed by atoms with Crippen LogP contribution in [0, 0.1) is 0 Å². The summed E-state index contributed by atoms with van der Waals surface area (Å²) in [7, 11) is 0.614. The molecular formula is C25H26N4O4S. The maximum Gasteiger partial charge on any atom is 0.177 e. The highest BCUT2D eigenvalue weighted by Gasteiger charge is 2.14. The maximum atomic E-state index is 12.0. The number of anilines is 2. The highest BCUT2D eigenvalue weighted by molar-refractivity contribution is 7.90. The highest BCUT2D eigenvalue weighted by atomic mass is 32.2. The average Bonchev–Trinajstić information content (AvgIpc) is 2.78. The number of benzene rings is 2. The molecule has 2 aromatic carbocycles. The second-order valence-corrected chi connectivity index (χ2v) is 10.3. The van der Waals surface area contributed by atoms with E-state index < -0.39 is 9.84 Å². The molecule has 2 aromatic heterocycles. The third kappa shape index (κ3) is 5.62. The van der Waals surface area contributed by atoms with Gasteiger partial charge in [0.05, 0.1) is 21.6 Å². The van der Waals surface area contributed by atoms with Crippen molar-refractivity contribution in [3.63, 3.8) is 0 Å². The largest absolute Gasteiger partial charge is 0.504 e. The lowest BCUT2D eigenvalue weighted by Gasteiger charge is -2.15. The summed E-state index contributed by atoms with van der Waals surface area (Å²) in [5.74, 6) is 0.349.